The van der Waals surface area contributed by atoms with Gasteiger partial charge in [0, 0.05) is 12.7 Å². The summed E-state index contributed by atoms with van der Waals surface area (Å²) in [6.07, 6.45) is 3.47. The molecule has 0 bridgehead atoms. The summed E-state index contributed by atoms with van der Waals surface area (Å²) in [6, 6.07) is 0. The molecule has 98 valence electrons. The summed E-state index contributed by atoms with van der Waals surface area (Å²) in [5, 5.41) is 4.92. The summed E-state index contributed by atoms with van der Waals surface area (Å²) < 4.78 is 3.70. The maximum atomic E-state index is 5.94. The number of hydrogen-bond acceptors (Lipinski definition) is 5. The molecule has 3 rings (SSSR count). The van der Waals surface area contributed by atoms with Crippen molar-refractivity contribution in [3.63, 3.8) is 0 Å². The Balaban J connectivity index is 2.06. The summed E-state index contributed by atoms with van der Waals surface area (Å²) in [7, 11) is 1.84. The minimum atomic E-state index is 0.461. The van der Waals surface area contributed by atoms with Gasteiger partial charge in [-0.05, 0) is 13.8 Å². The second-order valence-electron chi connectivity index (χ2n) is 4.57. The van der Waals surface area contributed by atoms with Crippen molar-refractivity contribution in [2.24, 2.45) is 7.05 Å². The van der Waals surface area contributed by atoms with Gasteiger partial charge in [-0.3, -0.25) is 4.68 Å². The van der Waals surface area contributed by atoms with Gasteiger partial charge < -0.3 is 10.3 Å². The Bertz CT molecular complexity index is 753. The van der Waals surface area contributed by atoms with Gasteiger partial charge >= 0.3 is 0 Å². The summed E-state index contributed by atoms with van der Waals surface area (Å²) >= 11 is 0. The normalized spacial score (nSPS) is 11.3. The van der Waals surface area contributed by atoms with E-state index in [4.69, 9.17) is 5.73 Å². The number of anilines is 1. The standard InChI is InChI=1S/C12H15N7/c1-7-8(2)19(6-14-7)5-10-16-11(13)9-4-15-18(3)12(9)17-10/h4,6H,5H2,1-3H3,(H2,13,16,17). The molecule has 19 heavy (non-hydrogen) atoms. The van der Waals surface area contributed by atoms with Gasteiger partial charge in [0.25, 0.3) is 0 Å². The van der Waals surface area contributed by atoms with Gasteiger partial charge in [0.15, 0.2) is 11.5 Å². The zero-order valence-electron chi connectivity index (χ0n) is 11.1. The molecule has 3 aromatic rings. The summed E-state index contributed by atoms with van der Waals surface area (Å²) in [4.78, 5) is 13.1. The zero-order valence-corrected chi connectivity index (χ0v) is 11.1. The Morgan fingerprint density at radius 1 is 1.26 bits per heavy atom. The SMILES string of the molecule is Cc1ncn(Cc2nc(N)c3cnn(C)c3n2)c1C. The number of aromatic nitrogens is 6. The first-order chi connectivity index (χ1) is 9.06. The number of imidazole rings is 1. The van der Waals surface area contributed by atoms with E-state index in [2.05, 4.69) is 20.1 Å². The van der Waals surface area contributed by atoms with Gasteiger partial charge in [-0.25, -0.2) is 15.0 Å². The number of nitrogens with zero attached hydrogens (tertiary/aromatic N) is 6. The molecule has 0 amide bonds. The molecule has 0 unspecified atom stereocenters. The zero-order chi connectivity index (χ0) is 13.6. The van der Waals surface area contributed by atoms with Crippen molar-refractivity contribution in [2.45, 2.75) is 20.4 Å². The third-order valence-corrected chi connectivity index (χ3v) is 3.32. The van der Waals surface area contributed by atoms with E-state index < -0.39 is 0 Å². The molecular weight excluding hydrogens is 242 g/mol. The third-order valence-electron chi connectivity index (χ3n) is 3.32. The van der Waals surface area contributed by atoms with Crippen LogP contribution in [-0.2, 0) is 13.6 Å². The third kappa shape index (κ3) is 1.83. The quantitative estimate of drug-likeness (QED) is 0.734. The number of nitrogen functional groups attached to an aromatic ring is 1. The molecule has 2 N–H and O–H groups in total. The van der Waals surface area contributed by atoms with Crippen molar-refractivity contribution in [2.75, 3.05) is 5.73 Å². The van der Waals surface area contributed by atoms with E-state index in [-0.39, 0.29) is 0 Å². The Labute approximate surface area is 110 Å². The first-order valence-corrected chi connectivity index (χ1v) is 5.98. The highest BCUT2D eigenvalue weighted by Crippen LogP contribution is 2.17. The highest BCUT2D eigenvalue weighted by Gasteiger charge is 2.10. The van der Waals surface area contributed by atoms with Gasteiger partial charge in [-0.15, -0.1) is 0 Å². The van der Waals surface area contributed by atoms with Gasteiger partial charge in [0.05, 0.1) is 30.1 Å². The predicted molar refractivity (Wildman–Crippen MR) is 71.5 cm³/mol. The average molecular weight is 257 g/mol. The van der Waals surface area contributed by atoms with Crippen LogP contribution in [0.4, 0.5) is 5.82 Å². The van der Waals surface area contributed by atoms with Crippen LogP contribution in [0.5, 0.6) is 0 Å². The highest BCUT2D eigenvalue weighted by molar-refractivity contribution is 5.84. The molecule has 0 aromatic carbocycles. The summed E-state index contributed by atoms with van der Waals surface area (Å²) in [5.74, 6) is 1.12. The largest absolute Gasteiger partial charge is 0.383 e. The Kier molecular flexibility index (Phi) is 2.48. The molecular formula is C12H15N7. The van der Waals surface area contributed by atoms with Crippen LogP contribution in [0.3, 0.4) is 0 Å². The highest BCUT2D eigenvalue weighted by atomic mass is 15.3. The fourth-order valence-corrected chi connectivity index (χ4v) is 2.02. The average Bonchev–Trinajstić information content (AvgIpc) is 2.89. The topological polar surface area (TPSA) is 87.4 Å². The van der Waals surface area contributed by atoms with E-state index in [1.54, 1.807) is 17.2 Å². The fourth-order valence-electron chi connectivity index (χ4n) is 2.02. The van der Waals surface area contributed by atoms with Gasteiger partial charge in [-0.2, -0.15) is 5.10 Å². The van der Waals surface area contributed by atoms with Crippen molar-refractivity contribution < 1.29 is 0 Å². The van der Waals surface area contributed by atoms with Crippen LogP contribution >= 0.6 is 0 Å². The van der Waals surface area contributed by atoms with Crippen molar-refractivity contribution in [1.82, 2.24) is 29.3 Å². The number of aryl methyl sites for hydroxylation is 2. The van der Waals surface area contributed by atoms with E-state index in [0.29, 0.717) is 18.2 Å². The molecule has 0 aliphatic heterocycles. The fraction of sp³-hybridized carbons (Fsp3) is 0.333. The lowest BCUT2D eigenvalue weighted by atomic mass is 10.3. The maximum Gasteiger partial charge on any atom is 0.163 e. The van der Waals surface area contributed by atoms with Crippen molar-refractivity contribution in [1.29, 1.82) is 0 Å². The van der Waals surface area contributed by atoms with Crippen LogP contribution in [0.15, 0.2) is 12.5 Å². The second kappa shape index (κ2) is 4.04. The molecule has 0 saturated heterocycles. The van der Waals surface area contributed by atoms with Crippen molar-refractivity contribution >= 4 is 16.9 Å². The molecule has 7 heteroatoms. The monoisotopic (exact) mass is 257 g/mol. The van der Waals surface area contributed by atoms with Crippen molar-refractivity contribution in [3.05, 3.63) is 29.7 Å². The lowest BCUT2D eigenvalue weighted by Crippen LogP contribution is -2.08. The Morgan fingerprint density at radius 3 is 2.74 bits per heavy atom. The number of hydrogen-bond donors (Lipinski definition) is 1. The molecule has 0 saturated carbocycles. The molecule has 0 radical (unpaired) electrons. The van der Waals surface area contributed by atoms with E-state index in [0.717, 1.165) is 22.4 Å². The lowest BCUT2D eigenvalue weighted by Gasteiger charge is -2.06. The predicted octanol–water partition coefficient (Wildman–Crippen LogP) is 0.807. The van der Waals surface area contributed by atoms with Crippen LogP contribution < -0.4 is 5.73 Å². The van der Waals surface area contributed by atoms with Crippen LogP contribution in [0.25, 0.3) is 11.0 Å². The van der Waals surface area contributed by atoms with Gasteiger partial charge in [0.1, 0.15) is 5.82 Å². The minimum absolute atomic E-state index is 0.461. The van der Waals surface area contributed by atoms with Gasteiger partial charge in [0.2, 0.25) is 0 Å². The molecule has 7 nitrogen and oxygen atoms in total. The molecule has 0 spiro atoms. The number of nitrogens with two attached hydrogens (primary N) is 1. The lowest BCUT2D eigenvalue weighted by molar-refractivity contribution is 0.718. The summed E-state index contributed by atoms with van der Waals surface area (Å²) in [5.41, 5.74) is 8.80. The van der Waals surface area contributed by atoms with E-state index in [9.17, 15) is 0 Å². The van der Waals surface area contributed by atoms with E-state index in [1.165, 1.54) is 0 Å². The van der Waals surface area contributed by atoms with Crippen LogP contribution in [0.1, 0.15) is 17.2 Å². The molecule has 0 aliphatic carbocycles. The smallest absolute Gasteiger partial charge is 0.163 e. The van der Waals surface area contributed by atoms with Crippen LogP contribution in [0, 0.1) is 13.8 Å². The van der Waals surface area contributed by atoms with E-state index >= 15 is 0 Å². The molecule has 0 fully saturated rings. The van der Waals surface area contributed by atoms with E-state index in [1.807, 2.05) is 25.5 Å². The number of rotatable bonds is 2. The first kappa shape index (κ1) is 11.6. The maximum absolute atomic E-state index is 5.94. The minimum Gasteiger partial charge on any atom is -0.383 e. The van der Waals surface area contributed by atoms with Gasteiger partial charge in [-0.1, -0.05) is 0 Å². The van der Waals surface area contributed by atoms with Crippen LogP contribution in [-0.4, -0.2) is 29.3 Å². The molecule has 0 aliphatic rings. The summed E-state index contributed by atoms with van der Waals surface area (Å²) in [6.45, 7) is 4.55. The molecule has 0 atom stereocenters. The molecule has 3 aromatic heterocycles. The number of fused-ring (bicyclic) bond motifs is 1. The molecule has 3 heterocycles. The van der Waals surface area contributed by atoms with Crippen molar-refractivity contribution in [3.8, 4) is 0 Å². The Morgan fingerprint density at radius 2 is 2.05 bits per heavy atom. The Hall–Kier alpha value is -2.44. The first-order valence-electron chi connectivity index (χ1n) is 5.98. The van der Waals surface area contributed by atoms with Crippen LogP contribution in [0.2, 0.25) is 0 Å². The second-order valence-corrected chi connectivity index (χ2v) is 4.57.